The zero-order valence-electron chi connectivity index (χ0n) is 14.6. The standard InChI is InChI=1S/C19H16N2O5S/c1-25-13-6-3-11(4-7-13)9-16-17(23)21-19(27-16)20-12-5-8-15(22)14(10-12)18(24)26-2/h3-10,22H,1-2H3,(H,20,21,23)/b16-9-. The number of carbonyl (C=O) groups excluding carboxylic acids is 2. The summed E-state index contributed by atoms with van der Waals surface area (Å²) >= 11 is 1.18. The van der Waals surface area contributed by atoms with Crippen molar-refractivity contribution in [3.63, 3.8) is 0 Å². The lowest BCUT2D eigenvalue weighted by molar-refractivity contribution is -0.115. The van der Waals surface area contributed by atoms with Crippen molar-refractivity contribution >= 4 is 40.6 Å². The second-order valence-corrected chi connectivity index (χ2v) is 6.48. The number of amides is 1. The Morgan fingerprint density at radius 1 is 1.19 bits per heavy atom. The first-order valence-electron chi connectivity index (χ1n) is 7.85. The molecule has 0 radical (unpaired) electrons. The van der Waals surface area contributed by atoms with Gasteiger partial charge in [0.2, 0.25) is 0 Å². The summed E-state index contributed by atoms with van der Waals surface area (Å²) in [6.45, 7) is 0. The molecule has 1 heterocycles. The van der Waals surface area contributed by atoms with Gasteiger partial charge >= 0.3 is 5.97 Å². The monoisotopic (exact) mass is 384 g/mol. The molecular formula is C19H16N2O5S. The molecule has 1 saturated heterocycles. The van der Waals surface area contributed by atoms with Gasteiger partial charge in [0.15, 0.2) is 5.17 Å². The molecule has 0 unspecified atom stereocenters. The highest BCUT2D eigenvalue weighted by atomic mass is 32.2. The van der Waals surface area contributed by atoms with Gasteiger partial charge < -0.3 is 19.9 Å². The molecule has 1 amide bonds. The van der Waals surface area contributed by atoms with Gasteiger partial charge in [-0.3, -0.25) is 4.79 Å². The molecule has 3 rings (SSSR count). The van der Waals surface area contributed by atoms with E-state index in [0.29, 0.717) is 15.8 Å². The predicted molar refractivity (Wildman–Crippen MR) is 103 cm³/mol. The minimum Gasteiger partial charge on any atom is -0.507 e. The smallest absolute Gasteiger partial charge is 0.341 e. The van der Waals surface area contributed by atoms with Gasteiger partial charge in [0.25, 0.3) is 5.91 Å². The van der Waals surface area contributed by atoms with E-state index in [1.165, 1.54) is 37.1 Å². The molecule has 0 aromatic heterocycles. The zero-order chi connectivity index (χ0) is 19.4. The molecule has 2 N–H and O–H groups in total. The second kappa shape index (κ2) is 7.96. The van der Waals surface area contributed by atoms with Crippen LogP contribution >= 0.6 is 11.8 Å². The first-order chi connectivity index (χ1) is 13.0. The molecule has 138 valence electrons. The molecule has 0 saturated carbocycles. The van der Waals surface area contributed by atoms with Crippen molar-refractivity contribution in [3.05, 3.63) is 58.5 Å². The highest BCUT2D eigenvalue weighted by Crippen LogP contribution is 2.30. The van der Waals surface area contributed by atoms with Crippen LogP contribution in [0.2, 0.25) is 0 Å². The fourth-order valence-corrected chi connectivity index (χ4v) is 3.16. The van der Waals surface area contributed by atoms with Gasteiger partial charge in [0, 0.05) is 0 Å². The van der Waals surface area contributed by atoms with Crippen LogP contribution in [0.1, 0.15) is 15.9 Å². The van der Waals surface area contributed by atoms with Gasteiger partial charge in [-0.05, 0) is 53.7 Å². The van der Waals surface area contributed by atoms with E-state index in [1.807, 2.05) is 24.3 Å². The van der Waals surface area contributed by atoms with Crippen LogP contribution in [0, 0.1) is 0 Å². The van der Waals surface area contributed by atoms with Crippen molar-refractivity contribution in [3.8, 4) is 11.5 Å². The number of aromatic hydroxyl groups is 1. The number of methoxy groups -OCH3 is 2. The maximum Gasteiger partial charge on any atom is 0.341 e. The molecule has 0 aliphatic carbocycles. The first kappa shape index (κ1) is 18.5. The third-order valence-corrected chi connectivity index (χ3v) is 4.59. The summed E-state index contributed by atoms with van der Waals surface area (Å²) in [5.74, 6) is -0.398. The maximum atomic E-state index is 12.2. The number of rotatable bonds is 4. The number of amidine groups is 1. The third-order valence-electron chi connectivity index (χ3n) is 3.68. The molecule has 0 spiro atoms. The minimum absolute atomic E-state index is 0.00247. The molecule has 0 bridgehead atoms. The van der Waals surface area contributed by atoms with Gasteiger partial charge in [-0.1, -0.05) is 12.1 Å². The fraction of sp³-hybridized carbons (Fsp3) is 0.105. The van der Waals surface area contributed by atoms with Crippen molar-refractivity contribution in [1.82, 2.24) is 5.32 Å². The molecule has 1 aliphatic heterocycles. The van der Waals surface area contributed by atoms with Crippen LogP contribution in [0.15, 0.2) is 52.4 Å². The number of aliphatic imine (C=N–C) groups is 1. The highest BCUT2D eigenvalue weighted by Gasteiger charge is 2.24. The Morgan fingerprint density at radius 2 is 1.93 bits per heavy atom. The molecule has 27 heavy (non-hydrogen) atoms. The number of phenols is 1. The Morgan fingerprint density at radius 3 is 2.59 bits per heavy atom. The lowest BCUT2D eigenvalue weighted by atomic mass is 10.2. The zero-order valence-corrected chi connectivity index (χ0v) is 15.4. The molecule has 7 nitrogen and oxygen atoms in total. The second-order valence-electron chi connectivity index (χ2n) is 5.45. The molecule has 1 aliphatic rings. The number of phenolic OH excluding ortho intramolecular Hbond substituents is 1. The van der Waals surface area contributed by atoms with Crippen LogP contribution in [0.3, 0.4) is 0 Å². The number of hydrogen-bond acceptors (Lipinski definition) is 7. The van der Waals surface area contributed by atoms with Gasteiger partial charge in [-0.2, -0.15) is 0 Å². The number of nitrogens with zero attached hydrogens (tertiary/aromatic N) is 1. The van der Waals surface area contributed by atoms with E-state index >= 15 is 0 Å². The van der Waals surface area contributed by atoms with E-state index in [4.69, 9.17) is 4.74 Å². The average molecular weight is 384 g/mol. The largest absolute Gasteiger partial charge is 0.507 e. The number of benzene rings is 2. The summed E-state index contributed by atoms with van der Waals surface area (Å²) in [7, 11) is 2.81. The summed E-state index contributed by atoms with van der Waals surface area (Å²) in [6, 6.07) is 11.6. The van der Waals surface area contributed by atoms with E-state index in [9.17, 15) is 14.7 Å². The molecule has 0 atom stereocenters. The van der Waals surface area contributed by atoms with E-state index in [1.54, 1.807) is 13.2 Å². The topological polar surface area (TPSA) is 97.2 Å². The van der Waals surface area contributed by atoms with E-state index in [2.05, 4.69) is 15.0 Å². The van der Waals surface area contributed by atoms with Crippen LogP contribution in [-0.4, -0.2) is 36.4 Å². The number of thioether (sulfide) groups is 1. The number of hydrogen-bond donors (Lipinski definition) is 2. The Kier molecular flexibility index (Phi) is 5.46. The Balaban J connectivity index is 1.82. The Labute approximate surface area is 159 Å². The normalized spacial score (nSPS) is 16.4. The highest BCUT2D eigenvalue weighted by molar-refractivity contribution is 8.18. The molecule has 2 aromatic carbocycles. The number of ether oxygens (including phenoxy) is 2. The van der Waals surface area contributed by atoms with Crippen molar-refractivity contribution in [2.75, 3.05) is 14.2 Å². The summed E-state index contributed by atoms with van der Waals surface area (Å²) in [6.07, 6.45) is 1.75. The van der Waals surface area contributed by atoms with Crippen LogP contribution in [0.5, 0.6) is 11.5 Å². The van der Waals surface area contributed by atoms with Crippen LogP contribution in [0.25, 0.3) is 6.08 Å². The van der Waals surface area contributed by atoms with E-state index < -0.39 is 5.97 Å². The van der Waals surface area contributed by atoms with E-state index in [-0.39, 0.29) is 17.2 Å². The first-order valence-corrected chi connectivity index (χ1v) is 8.67. The van der Waals surface area contributed by atoms with Crippen molar-refractivity contribution < 1.29 is 24.2 Å². The van der Waals surface area contributed by atoms with Crippen LogP contribution in [0.4, 0.5) is 5.69 Å². The van der Waals surface area contributed by atoms with Gasteiger partial charge in [0.1, 0.15) is 17.1 Å². The molecule has 1 fully saturated rings. The predicted octanol–water partition coefficient (Wildman–Crippen LogP) is 3.08. The minimum atomic E-state index is -0.669. The summed E-state index contributed by atoms with van der Waals surface area (Å²) in [5.41, 5.74) is 1.26. The number of nitrogens with one attached hydrogen (secondary N) is 1. The van der Waals surface area contributed by atoms with Gasteiger partial charge in [-0.25, -0.2) is 9.79 Å². The van der Waals surface area contributed by atoms with Crippen LogP contribution < -0.4 is 10.1 Å². The van der Waals surface area contributed by atoms with Crippen LogP contribution in [-0.2, 0) is 9.53 Å². The summed E-state index contributed by atoms with van der Waals surface area (Å²) in [5, 5.41) is 12.8. The van der Waals surface area contributed by atoms with Gasteiger partial charge in [0.05, 0.1) is 24.8 Å². The molecular weight excluding hydrogens is 368 g/mol. The summed E-state index contributed by atoms with van der Waals surface area (Å²) < 4.78 is 9.73. The SMILES string of the molecule is COC(=O)c1cc(N=C2NC(=O)/C(=C/c3ccc(OC)cc3)S2)ccc1O. The fourth-order valence-electron chi connectivity index (χ4n) is 2.32. The van der Waals surface area contributed by atoms with E-state index in [0.717, 1.165) is 11.3 Å². The van der Waals surface area contributed by atoms with Crippen molar-refractivity contribution in [2.45, 2.75) is 0 Å². The lowest BCUT2D eigenvalue weighted by Gasteiger charge is -2.03. The van der Waals surface area contributed by atoms with Crippen molar-refractivity contribution in [2.24, 2.45) is 4.99 Å². The van der Waals surface area contributed by atoms with Gasteiger partial charge in [-0.15, -0.1) is 0 Å². The molecule has 2 aromatic rings. The Hall–Kier alpha value is -3.26. The molecule has 8 heteroatoms. The van der Waals surface area contributed by atoms with Crippen molar-refractivity contribution in [1.29, 1.82) is 0 Å². The maximum absolute atomic E-state index is 12.2. The quantitative estimate of drug-likeness (QED) is 0.621. The Bertz CT molecular complexity index is 951. The average Bonchev–Trinajstić information content (AvgIpc) is 3.02. The number of carbonyl (C=O) groups is 2. The lowest BCUT2D eigenvalue weighted by Crippen LogP contribution is -2.19. The number of esters is 1. The third kappa shape index (κ3) is 4.29. The summed E-state index contributed by atoms with van der Waals surface area (Å²) in [4.78, 5) is 28.6.